The molecule has 0 bridgehead atoms. The predicted molar refractivity (Wildman–Crippen MR) is 71.6 cm³/mol. The fraction of sp³-hybridized carbons (Fsp3) is 0.444. The van der Waals surface area contributed by atoms with Gasteiger partial charge in [-0.2, -0.15) is 10.1 Å². The first kappa shape index (κ1) is 12.6. The highest BCUT2D eigenvalue weighted by molar-refractivity contribution is 9.10. The monoisotopic (exact) mass is 362 g/mol. The van der Waals surface area contributed by atoms with Crippen molar-refractivity contribution in [2.75, 3.05) is 5.73 Å². The summed E-state index contributed by atoms with van der Waals surface area (Å²) in [6, 6.07) is 0. The second-order valence-electron chi connectivity index (χ2n) is 3.56. The van der Waals surface area contributed by atoms with Crippen molar-refractivity contribution in [1.29, 1.82) is 0 Å². The molecule has 0 aliphatic rings. The third-order valence-electron chi connectivity index (χ3n) is 2.40. The van der Waals surface area contributed by atoms with Crippen LogP contribution in [0.25, 0.3) is 0 Å². The summed E-state index contributed by atoms with van der Waals surface area (Å²) in [7, 11) is 0. The van der Waals surface area contributed by atoms with Crippen LogP contribution in [0.5, 0.6) is 0 Å². The van der Waals surface area contributed by atoms with E-state index in [0.29, 0.717) is 11.3 Å². The van der Waals surface area contributed by atoms with Crippen molar-refractivity contribution in [3.05, 3.63) is 20.6 Å². The van der Waals surface area contributed by atoms with Gasteiger partial charge in [0.1, 0.15) is 0 Å². The van der Waals surface area contributed by atoms with Crippen LogP contribution in [-0.4, -0.2) is 24.5 Å². The number of rotatable bonds is 3. The van der Waals surface area contributed by atoms with Crippen molar-refractivity contribution >= 4 is 37.8 Å². The SMILES string of the molecule is CCn1nc(C)c(Br)c1Cn1nc(N)nc1Br. The van der Waals surface area contributed by atoms with Gasteiger partial charge in [-0.15, -0.1) is 5.10 Å². The van der Waals surface area contributed by atoms with Crippen molar-refractivity contribution in [2.45, 2.75) is 26.9 Å². The molecule has 0 spiro atoms. The molecule has 0 aliphatic carbocycles. The quantitative estimate of drug-likeness (QED) is 0.904. The summed E-state index contributed by atoms with van der Waals surface area (Å²) in [5.41, 5.74) is 7.56. The van der Waals surface area contributed by atoms with Crippen LogP contribution in [0.4, 0.5) is 5.95 Å². The van der Waals surface area contributed by atoms with Crippen LogP contribution in [0.3, 0.4) is 0 Å². The Hall–Kier alpha value is -0.890. The number of hydrogen-bond donors (Lipinski definition) is 1. The number of nitrogens with zero attached hydrogens (tertiary/aromatic N) is 5. The number of aryl methyl sites for hydroxylation is 2. The van der Waals surface area contributed by atoms with Crippen LogP contribution in [-0.2, 0) is 13.1 Å². The summed E-state index contributed by atoms with van der Waals surface area (Å²) >= 11 is 6.86. The first-order chi connectivity index (χ1) is 8.02. The third kappa shape index (κ3) is 2.37. The van der Waals surface area contributed by atoms with Gasteiger partial charge in [-0.1, -0.05) is 0 Å². The van der Waals surface area contributed by atoms with E-state index in [1.165, 1.54) is 0 Å². The minimum Gasteiger partial charge on any atom is -0.366 e. The lowest BCUT2D eigenvalue weighted by molar-refractivity contribution is 0.568. The highest BCUT2D eigenvalue weighted by Crippen LogP contribution is 2.23. The van der Waals surface area contributed by atoms with Gasteiger partial charge in [-0.25, -0.2) is 4.68 Å². The fourth-order valence-electron chi connectivity index (χ4n) is 1.60. The van der Waals surface area contributed by atoms with Crippen LogP contribution in [0, 0.1) is 6.92 Å². The van der Waals surface area contributed by atoms with E-state index >= 15 is 0 Å². The fourth-order valence-corrected chi connectivity index (χ4v) is 2.40. The number of nitrogens with two attached hydrogens (primary N) is 1. The maximum Gasteiger partial charge on any atom is 0.240 e. The molecular weight excluding hydrogens is 352 g/mol. The smallest absolute Gasteiger partial charge is 0.240 e. The standard InChI is InChI=1S/C9H12Br2N6/c1-3-16-6(7(10)5(2)14-16)4-17-8(11)13-9(12)15-17/h3-4H2,1-2H3,(H2,12,15). The van der Waals surface area contributed by atoms with E-state index in [4.69, 9.17) is 5.73 Å². The Kier molecular flexibility index (Phi) is 3.53. The number of nitrogen functional groups attached to an aromatic ring is 1. The second-order valence-corrected chi connectivity index (χ2v) is 5.06. The zero-order valence-electron chi connectivity index (χ0n) is 9.48. The molecule has 2 heterocycles. The maximum absolute atomic E-state index is 5.54. The largest absolute Gasteiger partial charge is 0.366 e. The number of aromatic nitrogens is 5. The van der Waals surface area contributed by atoms with E-state index in [2.05, 4.69) is 47.0 Å². The average molecular weight is 364 g/mol. The maximum atomic E-state index is 5.54. The van der Waals surface area contributed by atoms with Crippen molar-refractivity contribution in [3.63, 3.8) is 0 Å². The van der Waals surface area contributed by atoms with E-state index in [1.807, 2.05) is 18.5 Å². The van der Waals surface area contributed by atoms with Crippen molar-refractivity contribution in [3.8, 4) is 0 Å². The molecule has 0 aromatic carbocycles. The Morgan fingerprint density at radius 1 is 1.24 bits per heavy atom. The second kappa shape index (κ2) is 4.77. The summed E-state index contributed by atoms with van der Waals surface area (Å²) < 4.78 is 5.25. The van der Waals surface area contributed by atoms with Gasteiger partial charge in [0.25, 0.3) is 0 Å². The molecule has 2 N–H and O–H groups in total. The lowest BCUT2D eigenvalue weighted by Crippen LogP contribution is -2.10. The molecule has 8 heteroatoms. The van der Waals surface area contributed by atoms with Gasteiger partial charge in [0.15, 0.2) is 4.73 Å². The molecular formula is C9H12Br2N6. The highest BCUT2D eigenvalue weighted by Gasteiger charge is 2.14. The zero-order chi connectivity index (χ0) is 12.6. The molecule has 6 nitrogen and oxygen atoms in total. The van der Waals surface area contributed by atoms with Crippen molar-refractivity contribution < 1.29 is 0 Å². The molecule has 0 unspecified atom stereocenters. The summed E-state index contributed by atoms with van der Waals surface area (Å²) in [5, 5.41) is 8.53. The summed E-state index contributed by atoms with van der Waals surface area (Å²) in [4.78, 5) is 4.00. The van der Waals surface area contributed by atoms with Gasteiger partial charge in [0.05, 0.1) is 22.4 Å². The van der Waals surface area contributed by atoms with E-state index in [1.54, 1.807) is 4.68 Å². The van der Waals surface area contributed by atoms with Crippen LogP contribution in [0.1, 0.15) is 18.3 Å². The van der Waals surface area contributed by atoms with Crippen LogP contribution in [0.15, 0.2) is 9.21 Å². The molecule has 0 amide bonds. The Morgan fingerprint density at radius 2 is 1.94 bits per heavy atom. The van der Waals surface area contributed by atoms with E-state index in [0.717, 1.165) is 22.4 Å². The van der Waals surface area contributed by atoms with Crippen LogP contribution in [0.2, 0.25) is 0 Å². The molecule has 17 heavy (non-hydrogen) atoms. The van der Waals surface area contributed by atoms with Gasteiger partial charge in [0, 0.05) is 6.54 Å². The minimum absolute atomic E-state index is 0.257. The third-order valence-corrected chi connectivity index (χ3v) is 4.01. The number of anilines is 1. The molecule has 0 aliphatic heterocycles. The lowest BCUT2D eigenvalue weighted by Gasteiger charge is -2.05. The van der Waals surface area contributed by atoms with Crippen LogP contribution >= 0.6 is 31.9 Å². The van der Waals surface area contributed by atoms with Gasteiger partial charge < -0.3 is 5.73 Å². The molecule has 0 saturated heterocycles. The number of halogens is 2. The molecule has 0 fully saturated rings. The molecule has 2 rings (SSSR count). The Labute approximate surface area is 115 Å². The average Bonchev–Trinajstić information content (AvgIpc) is 2.73. The molecule has 2 aromatic heterocycles. The first-order valence-electron chi connectivity index (χ1n) is 5.10. The summed E-state index contributed by atoms with van der Waals surface area (Å²) in [6.07, 6.45) is 0. The van der Waals surface area contributed by atoms with Crippen LogP contribution < -0.4 is 5.73 Å². The number of hydrogen-bond acceptors (Lipinski definition) is 4. The van der Waals surface area contributed by atoms with Gasteiger partial charge in [-0.05, 0) is 45.7 Å². The first-order valence-corrected chi connectivity index (χ1v) is 6.69. The zero-order valence-corrected chi connectivity index (χ0v) is 12.7. The van der Waals surface area contributed by atoms with Gasteiger partial charge in [-0.3, -0.25) is 4.68 Å². The minimum atomic E-state index is 0.257. The van der Waals surface area contributed by atoms with Crippen molar-refractivity contribution in [2.24, 2.45) is 0 Å². The predicted octanol–water partition coefficient (Wildman–Crippen LogP) is 1.96. The van der Waals surface area contributed by atoms with E-state index in [-0.39, 0.29) is 5.95 Å². The van der Waals surface area contributed by atoms with E-state index < -0.39 is 0 Å². The van der Waals surface area contributed by atoms with Gasteiger partial charge >= 0.3 is 0 Å². The highest BCUT2D eigenvalue weighted by atomic mass is 79.9. The molecule has 2 aromatic rings. The molecule has 0 saturated carbocycles. The van der Waals surface area contributed by atoms with E-state index in [9.17, 15) is 0 Å². The molecule has 92 valence electrons. The molecule has 0 radical (unpaired) electrons. The summed E-state index contributed by atoms with van der Waals surface area (Å²) in [5.74, 6) is 0.257. The van der Waals surface area contributed by atoms with Crippen molar-refractivity contribution in [1.82, 2.24) is 24.5 Å². The summed E-state index contributed by atoms with van der Waals surface area (Å²) in [6.45, 7) is 5.39. The Balaban J connectivity index is 2.38. The Morgan fingerprint density at radius 3 is 2.47 bits per heavy atom. The Bertz CT molecular complexity index is 544. The normalized spacial score (nSPS) is 11.1. The van der Waals surface area contributed by atoms with Gasteiger partial charge in [0.2, 0.25) is 5.95 Å². The lowest BCUT2D eigenvalue weighted by atomic mass is 10.3. The molecule has 0 atom stereocenters. The topological polar surface area (TPSA) is 74.5 Å².